The Balaban J connectivity index is 1.42. The number of thiophene rings is 1. The molecule has 2 heterocycles. The van der Waals surface area contributed by atoms with Gasteiger partial charge in [-0.2, -0.15) is 0 Å². The molecule has 0 bridgehead atoms. The number of hydrogen-bond acceptors (Lipinski definition) is 5. The summed E-state index contributed by atoms with van der Waals surface area (Å²) in [4.78, 5) is 8.28. The Labute approximate surface area is 167 Å². The summed E-state index contributed by atoms with van der Waals surface area (Å²) >= 11 is 1.82. The summed E-state index contributed by atoms with van der Waals surface area (Å²) in [5.74, 6) is 1.70. The molecule has 0 aromatic carbocycles. The maximum Gasteiger partial charge on any atom is 0.191 e. The Hall–Kier alpha value is -1.15. The lowest BCUT2D eigenvalue weighted by molar-refractivity contribution is -0.0334. The van der Waals surface area contributed by atoms with E-state index in [1.165, 1.54) is 17.7 Å². The molecule has 0 radical (unpaired) electrons. The zero-order valence-electron chi connectivity index (χ0n) is 16.7. The average molecular weight is 395 g/mol. The van der Waals surface area contributed by atoms with Gasteiger partial charge in [0.15, 0.2) is 5.96 Å². The van der Waals surface area contributed by atoms with Crippen LogP contribution in [0.15, 0.2) is 22.5 Å². The number of nitrogens with zero attached hydrogens (tertiary/aromatic N) is 2. The van der Waals surface area contributed by atoms with Crippen molar-refractivity contribution in [3.8, 4) is 0 Å². The first-order valence-corrected chi connectivity index (χ1v) is 11.1. The van der Waals surface area contributed by atoms with Gasteiger partial charge in [-0.1, -0.05) is 6.07 Å². The second-order valence-corrected chi connectivity index (χ2v) is 8.44. The summed E-state index contributed by atoms with van der Waals surface area (Å²) < 4.78 is 11.4. The number of aliphatic imine (C=N–C) groups is 1. The Morgan fingerprint density at radius 1 is 1.44 bits per heavy atom. The molecule has 1 aromatic heterocycles. The van der Waals surface area contributed by atoms with Crippen molar-refractivity contribution in [2.24, 2.45) is 10.9 Å². The summed E-state index contributed by atoms with van der Waals surface area (Å²) in [5, 5.41) is 9.07. The maximum absolute atomic E-state index is 5.72. The molecule has 7 heteroatoms. The smallest absolute Gasteiger partial charge is 0.191 e. The summed E-state index contributed by atoms with van der Waals surface area (Å²) in [5.41, 5.74) is 0. The van der Waals surface area contributed by atoms with Crippen LogP contribution in [0.3, 0.4) is 0 Å². The predicted molar refractivity (Wildman–Crippen MR) is 112 cm³/mol. The molecule has 1 aliphatic heterocycles. The van der Waals surface area contributed by atoms with Gasteiger partial charge in [0.1, 0.15) is 0 Å². The van der Waals surface area contributed by atoms with Crippen molar-refractivity contribution in [1.82, 2.24) is 15.5 Å². The molecule has 3 rings (SSSR count). The Kier molecular flexibility index (Phi) is 8.38. The van der Waals surface area contributed by atoms with Gasteiger partial charge in [0.25, 0.3) is 0 Å². The molecule has 6 nitrogen and oxygen atoms in total. The Morgan fingerprint density at radius 3 is 3.04 bits per heavy atom. The first-order valence-electron chi connectivity index (χ1n) is 10.2. The molecule has 152 valence electrons. The molecule has 2 atom stereocenters. The largest absolute Gasteiger partial charge is 0.381 e. The van der Waals surface area contributed by atoms with Gasteiger partial charge >= 0.3 is 0 Å². The van der Waals surface area contributed by atoms with E-state index >= 15 is 0 Å². The van der Waals surface area contributed by atoms with Crippen LogP contribution < -0.4 is 10.6 Å². The van der Waals surface area contributed by atoms with E-state index in [4.69, 9.17) is 9.47 Å². The van der Waals surface area contributed by atoms with Crippen molar-refractivity contribution in [2.75, 3.05) is 53.0 Å². The fourth-order valence-electron chi connectivity index (χ4n) is 3.35. The van der Waals surface area contributed by atoms with E-state index in [1.807, 2.05) is 18.4 Å². The molecule has 1 saturated heterocycles. The van der Waals surface area contributed by atoms with Crippen molar-refractivity contribution in [3.05, 3.63) is 22.4 Å². The third-order valence-corrected chi connectivity index (χ3v) is 6.05. The highest BCUT2D eigenvalue weighted by Gasteiger charge is 2.26. The van der Waals surface area contributed by atoms with Crippen LogP contribution in [0.4, 0.5) is 0 Å². The van der Waals surface area contributed by atoms with Crippen molar-refractivity contribution >= 4 is 17.3 Å². The fourth-order valence-corrected chi connectivity index (χ4v) is 4.21. The van der Waals surface area contributed by atoms with E-state index < -0.39 is 0 Å². The highest BCUT2D eigenvalue weighted by atomic mass is 32.1. The minimum Gasteiger partial charge on any atom is -0.381 e. The van der Waals surface area contributed by atoms with Crippen LogP contribution in [0, 0.1) is 5.92 Å². The fraction of sp³-hybridized carbons (Fsp3) is 0.750. The van der Waals surface area contributed by atoms with Crippen molar-refractivity contribution in [1.29, 1.82) is 0 Å². The van der Waals surface area contributed by atoms with E-state index in [0.717, 1.165) is 64.3 Å². The number of hydrogen-bond donors (Lipinski definition) is 2. The van der Waals surface area contributed by atoms with E-state index in [0.29, 0.717) is 6.04 Å². The van der Waals surface area contributed by atoms with Gasteiger partial charge in [0.05, 0.1) is 18.8 Å². The topological polar surface area (TPSA) is 58.1 Å². The van der Waals surface area contributed by atoms with E-state index in [1.54, 1.807) is 0 Å². The highest BCUT2D eigenvalue weighted by molar-refractivity contribution is 7.10. The number of nitrogens with one attached hydrogen (secondary N) is 2. The average Bonchev–Trinajstić information content (AvgIpc) is 3.35. The van der Waals surface area contributed by atoms with Crippen LogP contribution in [0.1, 0.15) is 37.1 Å². The molecule has 0 amide bonds. The SMILES string of the molecule is CN=C(NCCCOCC1CC1)NCC(c1cccs1)N1CCOC(C)C1. The molecule has 1 aliphatic carbocycles. The highest BCUT2D eigenvalue weighted by Crippen LogP contribution is 2.28. The summed E-state index contributed by atoms with van der Waals surface area (Å²) in [6, 6.07) is 4.70. The number of ether oxygens (including phenoxy) is 2. The maximum atomic E-state index is 5.72. The molecule has 2 unspecified atom stereocenters. The third kappa shape index (κ3) is 7.07. The molecule has 2 aliphatic rings. The molecule has 1 saturated carbocycles. The lowest BCUT2D eigenvalue weighted by atomic mass is 10.1. The first-order chi connectivity index (χ1) is 13.3. The van der Waals surface area contributed by atoms with Gasteiger partial charge in [-0.25, -0.2) is 0 Å². The zero-order valence-corrected chi connectivity index (χ0v) is 17.5. The van der Waals surface area contributed by atoms with Gasteiger partial charge in [-0.05, 0) is 43.6 Å². The van der Waals surface area contributed by atoms with Gasteiger partial charge < -0.3 is 20.1 Å². The number of morpholine rings is 1. The quantitative estimate of drug-likeness (QED) is 0.363. The van der Waals surface area contributed by atoms with Gasteiger partial charge in [0, 0.05) is 51.3 Å². The molecule has 2 fully saturated rings. The van der Waals surface area contributed by atoms with Crippen LogP contribution in [0.5, 0.6) is 0 Å². The van der Waals surface area contributed by atoms with Gasteiger partial charge in [-0.3, -0.25) is 9.89 Å². The lowest BCUT2D eigenvalue weighted by Gasteiger charge is -2.37. The normalized spacial score (nSPS) is 22.6. The number of guanidine groups is 1. The Morgan fingerprint density at radius 2 is 2.33 bits per heavy atom. The molecular formula is C20H34N4O2S. The molecular weight excluding hydrogens is 360 g/mol. The minimum absolute atomic E-state index is 0.286. The van der Waals surface area contributed by atoms with Crippen molar-refractivity contribution in [2.45, 2.75) is 38.3 Å². The van der Waals surface area contributed by atoms with Crippen LogP contribution in [0.25, 0.3) is 0 Å². The van der Waals surface area contributed by atoms with Crippen LogP contribution in [-0.2, 0) is 9.47 Å². The number of rotatable bonds is 10. The third-order valence-electron chi connectivity index (χ3n) is 5.08. The minimum atomic E-state index is 0.286. The molecule has 0 spiro atoms. The zero-order chi connectivity index (χ0) is 18.9. The monoisotopic (exact) mass is 394 g/mol. The van der Waals surface area contributed by atoms with Crippen LogP contribution in [0.2, 0.25) is 0 Å². The molecule has 2 N–H and O–H groups in total. The predicted octanol–water partition coefficient (Wildman–Crippen LogP) is 2.49. The van der Waals surface area contributed by atoms with Gasteiger partial charge in [0.2, 0.25) is 0 Å². The first kappa shape index (κ1) is 20.6. The van der Waals surface area contributed by atoms with E-state index in [2.05, 4.69) is 45.0 Å². The van der Waals surface area contributed by atoms with E-state index in [9.17, 15) is 0 Å². The van der Waals surface area contributed by atoms with Crippen molar-refractivity contribution < 1.29 is 9.47 Å². The lowest BCUT2D eigenvalue weighted by Crippen LogP contribution is -2.48. The summed E-state index contributed by atoms with van der Waals surface area (Å²) in [7, 11) is 1.83. The van der Waals surface area contributed by atoms with Crippen LogP contribution in [-0.4, -0.2) is 70.0 Å². The van der Waals surface area contributed by atoms with Crippen molar-refractivity contribution in [3.63, 3.8) is 0 Å². The molecule has 1 aromatic rings. The summed E-state index contributed by atoms with van der Waals surface area (Å²) in [6.45, 7) is 8.37. The van der Waals surface area contributed by atoms with E-state index in [-0.39, 0.29) is 6.10 Å². The standard InChI is InChI=1S/C20H34N4O2S/c1-16-14-24(9-11-26-16)18(19-5-3-12-27-19)13-23-20(21-2)22-8-4-10-25-15-17-6-7-17/h3,5,12,16-18H,4,6-11,13-15H2,1-2H3,(H2,21,22,23). The Bertz CT molecular complexity index is 562. The summed E-state index contributed by atoms with van der Waals surface area (Å²) in [6.07, 6.45) is 3.99. The van der Waals surface area contributed by atoms with Crippen LogP contribution >= 0.6 is 11.3 Å². The van der Waals surface area contributed by atoms with Gasteiger partial charge in [-0.15, -0.1) is 11.3 Å². The second-order valence-electron chi connectivity index (χ2n) is 7.46. The second kappa shape index (κ2) is 11.0. The molecule has 27 heavy (non-hydrogen) atoms.